The van der Waals surface area contributed by atoms with Gasteiger partial charge in [0, 0.05) is 30.3 Å². The maximum atomic E-state index is 13.5. The average Bonchev–Trinajstić information content (AvgIpc) is 3.51. The highest BCUT2D eigenvalue weighted by Crippen LogP contribution is 2.30. The molecule has 8 heteroatoms. The van der Waals surface area contributed by atoms with E-state index in [4.69, 9.17) is 0 Å². The monoisotopic (exact) mass is 387 g/mol. The Bertz CT molecular complexity index is 876. The van der Waals surface area contributed by atoms with Gasteiger partial charge in [0.15, 0.2) is 0 Å². The topological polar surface area (TPSA) is 87.3 Å². The number of amides is 3. The zero-order chi connectivity index (χ0) is 20.1. The van der Waals surface area contributed by atoms with Crippen LogP contribution in [0.3, 0.4) is 0 Å². The van der Waals surface area contributed by atoms with Crippen molar-refractivity contribution in [1.29, 1.82) is 0 Å². The van der Waals surface area contributed by atoms with Crippen LogP contribution in [0.1, 0.15) is 33.6 Å². The lowest BCUT2D eigenvalue weighted by Gasteiger charge is -2.09. The Labute approximate surface area is 160 Å². The van der Waals surface area contributed by atoms with Gasteiger partial charge < -0.3 is 16.0 Å². The average molecular weight is 387 g/mol. The van der Waals surface area contributed by atoms with E-state index >= 15 is 0 Å². The summed E-state index contributed by atoms with van der Waals surface area (Å²) >= 11 is 0. The summed E-state index contributed by atoms with van der Waals surface area (Å²) < 4.78 is 27.0. The molecule has 0 aromatic heterocycles. The van der Waals surface area contributed by atoms with Gasteiger partial charge in [-0.15, -0.1) is 0 Å². The van der Waals surface area contributed by atoms with Gasteiger partial charge >= 0.3 is 0 Å². The highest BCUT2D eigenvalue weighted by Gasteiger charge is 2.29. The fourth-order valence-corrected chi connectivity index (χ4v) is 2.55. The van der Waals surface area contributed by atoms with Gasteiger partial charge in [0.2, 0.25) is 5.91 Å². The number of nitrogens with one attached hydrogen (secondary N) is 3. The highest BCUT2D eigenvalue weighted by molar-refractivity contribution is 5.97. The molecule has 0 bridgehead atoms. The minimum Gasteiger partial charge on any atom is -0.350 e. The van der Waals surface area contributed by atoms with Gasteiger partial charge in [0.05, 0.1) is 0 Å². The Morgan fingerprint density at radius 3 is 2.00 bits per heavy atom. The normalized spacial score (nSPS) is 12.9. The van der Waals surface area contributed by atoms with Crippen LogP contribution in [-0.2, 0) is 4.79 Å². The lowest BCUT2D eigenvalue weighted by molar-refractivity contribution is -0.117. The first-order chi connectivity index (χ1) is 13.5. The van der Waals surface area contributed by atoms with Gasteiger partial charge in [-0.1, -0.05) is 6.07 Å². The molecule has 1 aliphatic carbocycles. The molecule has 28 heavy (non-hydrogen) atoms. The number of hydrogen-bond donors (Lipinski definition) is 3. The molecule has 3 rings (SSSR count). The molecule has 2 aromatic carbocycles. The van der Waals surface area contributed by atoms with Crippen LogP contribution < -0.4 is 16.0 Å². The fraction of sp³-hybridized carbons (Fsp3) is 0.250. The SMILES string of the molecule is O=C(NCCNC(=O)c1c(F)cccc1F)c1ccc(NC(=O)C2CC2)cc1. The number of carbonyl (C=O) groups excluding carboxylic acids is 3. The van der Waals surface area contributed by atoms with E-state index in [1.807, 2.05) is 0 Å². The zero-order valence-electron chi connectivity index (χ0n) is 14.9. The lowest BCUT2D eigenvalue weighted by atomic mass is 10.2. The lowest BCUT2D eigenvalue weighted by Crippen LogP contribution is -2.35. The largest absolute Gasteiger partial charge is 0.350 e. The molecule has 3 N–H and O–H groups in total. The molecule has 1 aliphatic rings. The molecule has 0 unspecified atom stereocenters. The van der Waals surface area contributed by atoms with E-state index in [0.29, 0.717) is 11.3 Å². The van der Waals surface area contributed by atoms with E-state index in [0.717, 1.165) is 25.0 Å². The molecule has 0 aliphatic heterocycles. The van der Waals surface area contributed by atoms with Crippen molar-refractivity contribution in [2.45, 2.75) is 12.8 Å². The summed E-state index contributed by atoms with van der Waals surface area (Å²) in [5.74, 6) is -3.08. The quantitative estimate of drug-likeness (QED) is 0.638. The van der Waals surface area contributed by atoms with Gasteiger partial charge in [-0.05, 0) is 49.2 Å². The van der Waals surface area contributed by atoms with Gasteiger partial charge in [-0.25, -0.2) is 8.78 Å². The van der Waals surface area contributed by atoms with E-state index in [9.17, 15) is 23.2 Å². The number of hydrogen-bond acceptors (Lipinski definition) is 3. The van der Waals surface area contributed by atoms with Crippen LogP contribution in [0.5, 0.6) is 0 Å². The van der Waals surface area contributed by atoms with Crippen LogP contribution in [0.2, 0.25) is 0 Å². The van der Waals surface area contributed by atoms with E-state index in [2.05, 4.69) is 16.0 Å². The maximum Gasteiger partial charge on any atom is 0.257 e. The molecule has 0 radical (unpaired) electrons. The molecular formula is C20H19F2N3O3. The van der Waals surface area contributed by atoms with Crippen molar-refractivity contribution in [1.82, 2.24) is 10.6 Å². The summed E-state index contributed by atoms with van der Waals surface area (Å²) in [4.78, 5) is 35.6. The first-order valence-corrected chi connectivity index (χ1v) is 8.87. The van der Waals surface area contributed by atoms with Gasteiger partial charge in [0.25, 0.3) is 11.8 Å². The van der Waals surface area contributed by atoms with Crippen molar-refractivity contribution in [2.75, 3.05) is 18.4 Å². The van der Waals surface area contributed by atoms with Crippen LogP contribution in [0.15, 0.2) is 42.5 Å². The Morgan fingerprint density at radius 1 is 0.857 bits per heavy atom. The van der Waals surface area contributed by atoms with Crippen molar-refractivity contribution in [3.05, 3.63) is 65.2 Å². The van der Waals surface area contributed by atoms with Crippen molar-refractivity contribution < 1.29 is 23.2 Å². The third kappa shape index (κ3) is 4.91. The van der Waals surface area contributed by atoms with Crippen LogP contribution in [0.25, 0.3) is 0 Å². The van der Waals surface area contributed by atoms with Crippen LogP contribution >= 0.6 is 0 Å². The summed E-state index contributed by atoms with van der Waals surface area (Å²) in [6, 6.07) is 9.59. The van der Waals surface area contributed by atoms with Crippen molar-refractivity contribution >= 4 is 23.4 Å². The minimum absolute atomic E-state index is 0.00781. The molecule has 6 nitrogen and oxygen atoms in total. The second kappa shape index (κ2) is 8.60. The number of benzene rings is 2. The summed E-state index contributed by atoms with van der Waals surface area (Å²) in [7, 11) is 0. The first-order valence-electron chi connectivity index (χ1n) is 8.87. The van der Waals surface area contributed by atoms with E-state index in [1.165, 1.54) is 6.07 Å². The molecule has 0 saturated heterocycles. The Morgan fingerprint density at radius 2 is 1.43 bits per heavy atom. The molecule has 0 heterocycles. The van der Waals surface area contributed by atoms with Crippen molar-refractivity contribution in [3.63, 3.8) is 0 Å². The van der Waals surface area contributed by atoms with Crippen LogP contribution in [0.4, 0.5) is 14.5 Å². The summed E-state index contributed by atoms with van der Waals surface area (Å²) in [5, 5.41) is 7.73. The summed E-state index contributed by atoms with van der Waals surface area (Å²) in [5.41, 5.74) is 0.348. The van der Waals surface area contributed by atoms with Crippen molar-refractivity contribution in [2.24, 2.45) is 5.92 Å². The first kappa shape index (κ1) is 19.5. The predicted molar refractivity (Wildman–Crippen MR) is 98.8 cm³/mol. The van der Waals surface area contributed by atoms with Crippen LogP contribution in [-0.4, -0.2) is 30.8 Å². The molecule has 1 fully saturated rings. The predicted octanol–water partition coefficient (Wildman–Crippen LogP) is 2.47. The molecular weight excluding hydrogens is 368 g/mol. The molecule has 146 valence electrons. The molecule has 1 saturated carbocycles. The van der Waals surface area contributed by atoms with E-state index < -0.39 is 23.1 Å². The smallest absolute Gasteiger partial charge is 0.257 e. The number of carbonyl (C=O) groups is 3. The van der Waals surface area contributed by atoms with E-state index in [1.54, 1.807) is 24.3 Å². The molecule has 2 aromatic rings. The summed E-state index contributed by atoms with van der Waals surface area (Å²) in [6.07, 6.45) is 1.82. The van der Waals surface area contributed by atoms with Gasteiger partial charge in [-0.2, -0.15) is 0 Å². The minimum atomic E-state index is -0.949. The Hall–Kier alpha value is -3.29. The van der Waals surface area contributed by atoms with Gasteiger partial charge in [0.1, 0.15) is 17.2 Å². The fourth-order valence-electron chi connectivity index (χ4n) is 2.55. The highest BCUT2D eigenvalue weighted by atomic mass is 19.1. The maximum absolute atomic E-state index is 13.5. The number of halogens is 2. The summed E-state index contributed by atoms with van der Waals surface area (Å²) in [6.45, 7) is 0.0920. The van der Waals surface area contributed by atoms with Crippen molar-refractivity contribution in [3.8, 4) is 0 Å². The third-order valence-electron chi connectivity index (χ3n) is 4.25. The number of rotatable bonds is 7. The molecule has 3 amide bonds. The second-order valence-electron chi connectivity index (χ2n) is 6.45. The molecule has 0 atom stereocenters. The van der Waals surface area contributed by atoms with Crippen LogP contribution in [0, 0.1) is 17.6 Å². The second-order valence-corrected chi connectivity index (χ2v) is 6.45. The molecule has 0 spiro atoms. The van der Waals surface area contributed by atoms with Gasteiger partial charge in [-0.3, -0.25) is 14.4 Å². The zero-order valence-corrected chi connectivity index (χ0v) is 14.9. The third-order valence-corrected chi connectivity index (χ3v) is 4.25. The Kier molecular flexibility index (Phi) is 5.98. The Balaban J connectivity index is 1.44. The van der Waals surface area contributed by atoms with E-state index in [-0.39, 0.29) is 30.8 Å². The number of anilines is 1. The standard InChI is InChI=1S/C20H19F2N3O3/c21-15-2-1-3-16(22)17(15)20(28)24-11-10-23-18(26)12-6-8-14(9-7-12)25-19(27)13-4-5-13/h1-3,6-9,13H,4-5,10-11H2,(H,23,26)(H,24,28)(H,25,27).